The molecule has 29 heavy (non-hydrogen) atoms. The van der Waals surface area contributed by atoms with Gasteiger partial charge in [0.25, 0.3) is 0 Å². The van der Waals surface area contributed by atoms with Crippen LogP contribution in [0.4, 0.5) is 5.69 Å². The van der Waals surface area contributed by atoms with Crippen LogP contribution in [-0.4, -0.2) is 31.2 Å². The van der Waals surface area contributed by atoms with Gasteiger partial charge in [0.15, 0.2) is 0 Å². The first-order valence-electron chi connectivity index (χ1n) is 9.77. The molecule has 2 aromatic carbocycles. The number of nitrogens with one attached hydrogen (secondary N) is 1. The number of anilines is 1. The van der Waals surface area contributed by atoms with Gasteiger partial charge in [0.05, 0.1) is 4.90 Å². The number of carbonyl (C=O) groups is 1. The van der Waals surface area contributed by atoms with Crippen LogP contribution in [0.25, 0.3) is 6.08 Å². The third-order valence-corrected chi connectivity index (χ3v) is 7.40. The van der Waals surface area contributed by atoms with E-state index in [1.807, 2.05) is 25.1 Å². The van der Waals surface area contributed by atoms with Gasteiger partial charge < -0.3 is 5.32 Å². The summed E-state index contributed by atoms with van der Waals surface area (Å²) < 4.78 is 27.6. The van der Waals surface area contributed by atoms with Crippen LogP contribution in [0.3, 0.4) is 0 Å². The van der Waals surface area contributed by atoms with Gasteiger partial charge in [-0.3, -0.25) is 4.79 Å². The highest BCUT2D eigenvalue weighted by molar-refractivity contribution is 7.89. The van der Waals surface area contributed by atoms with Gasteiger partial charge in [-0.2, -0.15) is 4.31 Å². The van der Waals surface area contributed by atoms with Crippen molar-refractivity contribution in [3.05, 3.63) is 65.2 Å². The zero-order chi connectivity index (χ0) is 20.9. The van der Waals surface area contributed by atoms with Gasteiger partial charge in [0.2, 0.25) is 15.9 Å². The van der Waals surface area contributed by atoms with E-state index in [9.17, 15) is 13.2 Å². The molecule has 0 radical (unpaired) electrons. The Morgan fingerprint density at radius 1 is 1.17 bits per heavy atom. The third-order valence-electron chi connectivity index (χ3n) is 5.09. The summed E-state index contributed by atoms with van der Waals surface area (Å²) in [6.45, 7) is 2.58. The lowest BCUT2D eigenvalue weighted by Crippen LogP contribution is -2.43. The lowest BCUT2D eigenvalue weighted by molar-refractivity contribution is -0.111. The van der Waals surface area contributed by atoms with E-state index in [0.29, 0.717) is 17.3 Å². The third kappa shape index (κ3) is 5.26. The fourth-order valence-electron chi connectivity index (χ4n) is 3.50. The van der Waals surface area contributed by atoms with Crippen LogP contribution >= 0.6 is 11.6 Å². The van der Waals surface area contributed by atoms with Gasteiger partial charge in [-0.15, -0.1) is 0 Å². The van der Waals surface area contributed by atoms with Gasteiger partial charge in [-0.1, -0.05) is 43.1 Å². The van der Waals surface area contributed by atoms with Crippen LogP contribution in [-0.2, 0) is 14.8 Å². The van der Waals surface area contributed by atoms with Crippen molar-refractivity contribution in [3.63, 3.8) is 0 Å². The average molecular weight is 433 g/mol. The van der Waals surface area contributed by atoms with E-state index in [0.717, 1.165) is 31.2 Å². The van der Waals surface area contributed by atoms with Crippen molar-refractivity contribution in [3.8, 4) is 0 Å². The summed E-state index contributed by atoms with van der Waals surface area (Å²) >= 11 is 6.07. The van der Waals surface area contributed by atoms with Gasteiger partial charge in [0, 0.05) is 29.4 Å². The summed E-state index contributed by atoms with van der Waals surface area (Å²) in [5.74, 6) is -0.317. The highest BCUT2D eigenvalue weighted by Crippen LogP contribution is 2.27. The number of amides is 1. The summed E-state index contributed by atoms with van der Waals surface area (Å²) in [4.78, 5) is 12.4. The van der Waals surface area contributed by atoms with Crippen molar-refractivity contribution in [2.45, 2.75) is 43.5 Å². The van der Waals surface area contributed by atoms with Crippen molar-refractivity contribution in [2.24, 2.45) is 0 Å². The molecule has 0 aliphatic carbocycles. The van der Waals surface area contributed by atoms with Crippen molar-refractivity contribution >= 4 is 39.3 Å². The summed E-state index contributed by atoms with van der Waals surface area (Å²) in [6, 6.07) is 13.6. The van der Waals surface area contributed by atoms with Gasteiger partial charge >= 0.3 is 0 Å². The number of hydrogen-bond donors (Lipinski definition) is 1. The minimum Gasteiger partial charge on any atom is -0.323 e. The first kappa shape index (κ1) is 21.6. The molecule has 1 unspecified atom stereocenters. The van der Waals surface area contributed by atoms with E-state index in [-0.39, 0.29) is 16.8 Å². The van der Waals surface area contributed by atoms with Gasteiger partial charge in [-0.25, -0.2) is 8.42 Å². The van der Waals surface area contributed by atoms with Crippen molar-refractivity contribution in [2.75, 3.05) is 11.9 Å². The Morgan fingerprint density at radius 2 is 1.90 bits per heavy atom. The molecule has 3 rings (SSSR count). The molecular weight excluding hydrogens is 408 g/mol. The van der Waals surface area contributed by atoms with Crippen LogP contribution in [0.15, 0.2) is 59.5 Å². The predicted molar refractivity (Wildman–Crippen MR) is 117 cm³/mol. The summed E-state index contributed by atoms with van der Waals surface area (Å²) in [5.41, 5.74) is 1.28. The number of sulfonamides is 1. The molecule has 1 amide bonds. The Balaban J connectivity index is 1.68. The van der Waals surface area contributed by atoms with Gasteiger partial charge in [0.1, 0.15) is 0 Å². The number of rotatable bonds is 6. The number of nitrogens with zero attached hydrogens (tertiary/aromatic N) is 1. The Morgan fingerprint density at radius 3 is 2.59 bits per heavy atom. The molecule has 0 spiro atoms. The fourth-order valence-corrected chi connectivity index (χ4v) is 5.47. The van der Waals surface area contributed by atoms with Crippen LogP contribution in [0, 0.1) is 0 Å². The minimum atomic E-state index is -3.53. The molecule has 1 aliphatic rings. The van der Waals surface area contributed by atoms with Crippen molar-refractivity contribution in [1.29, 1.82) is 0 Å². The second kappa shape index (κ2) is 9.57. The largest absolute Gasteiger partial charge is 0.323 e. The van der Waals surface area contributed by atoms with Crippen molar-refractivity contribution < 1.29 is 13.2 Å². The van der Waals surface area contributed by atoms with E-state index in [1.54, 1.807) is 40.7 Å². The van der Waals surface area contributed by atoms with E-state index >= 15 is 0 Å². The first-order chi connectivity index (χ1) is 13.9. The Labute approximate surface area is 177 Å². The second-order valence-corrected chi connectivity index (χ2v) is 9.34. The van der Waals surface area contributed by atoms with Crippen molar-refractivity contribution in [1.82, 2.24) is 4.31 Å². The Hall–Kier alpha value is -2.15. The molecule has 7 heteroatoms. The second-order valence-electron chi connectivity index (χ2n) is 7.04. The first-order valence-corrected chi connectivity index (χ1v) is 11.6. The van der Waals surface area contributed by atoms with Crippen LogP contribution in [0.5, 0.6) is 0 Å². The normalized spacial score (nSPS) is 18.1. The van der Waals surface area contributed by atoms with E-state index in [4.69, 9.17) is 11.6 Å². The number of piperidine rings is 1. The molecule has 1 N–H and O–H groups in total. The highest BCUT2D eigenvalue weighted by Gasteiger charge is 2.32. The van der Waals surface area contributed by atoms with Crippen LogP contribution < -0.4 is 5.32 Å². The van der Waals surface area contributed by atoms with Crippen LogP contribution in [0.2, 0.25) is 5.02 Å². The predicted octanol–water partition coefficient (Wildman–Crippen LogP) is 4.95. The molecule has 1 heterocycles. The maximum absolute atomic E-state index is 13.0. The summed E-state index contributed by atoms with van der Waals surface area (Å²) in [7, 11) is -3.53. The monoisotopic (exact) mass is 432 g/mol. The fraction of sp³-hybridized carbons (Fsp3) is 0.318. The molecule has 1 fully saturated rings. The Bertz CT molecular complexity index is 987. The maximum atomic E-state index is 13.0. The number of carbonyl (C=O) groups excluding carboxylic acids is 1. The number of hydrogen-bond acceptors (Lipinski definition) is 3. The zero-order valence-electron chi connectivity index (χ0n) is 16.3. The molecule has 5 nitrogen and oxygen atoms in total. The lowest BCUT2D eigenvalue weighted by atomic mass is 10.0. The highest BCUT2D eigenvalue weighted by atomic mass is 35.5. The van der Waals surface area contributed by atoms with E-state index in [2.05, 4.69) is 5.32 Å². The molecule has 0 bridgehead atoms. The summed E-state index contributed by atoms with van der Waals surface area (Å²) in [5, 5.41) is 3.30. The standard InChI is InChI=1S/C22H25ClN2O3S/c1-2-19-8-5-6-16-25(19)29(27,28)20-13-11-18(12-14-20)24-22(26)15-10-17-7-3-4-9-21(17)23/h3-4,7,9-15,19H,2,5-6,8,16H2,1H3,(H,24,26). The van der Waals surface area contributed by atoms with E-state index in [1.165, 1.54) is 6.08 Å². The van der Waals surface area contributed by atoms with E-state index < -0.39 is 10.0 Å². The molecule has 1 saturated heterocycles. The molecular formula is C22H25ClN2O3S. The Kier molecular flexibility index (Phi) is 7.11. The van der Waals surface area contributed by atoms with Crippen LogP contribution in [0.1, 0.15) is 38.2 Å². The number of halogens is 1. The molecule has 0 aromatic heterocycles. The topological polar surface area (TPSA) is 66.5 Å². The molecule has 1 atom stereocenters. The zero-order valence-corrected chi connectivity index (χ0v) is 17.9. The minimum absolute atomic E-state index is 0.0584. The number of benzene rings is 2. The average Bonchev–Trinajstić information content (AvgIpc) is 2.73. The van der Waals surface area contributed by atoms with Gasteiger partial charge in [-0.05, 0) is 61.2 Å². The quantitative estimate of drug-likeness (QED) is 0.657. The molecule has 1 aliphatic heterocycles. The maximum Gasteiger partial charge on any atom is 0.248 e. The summed E-state index contributed by atoms with van der Waals surface area (Å²) in [6.07, 6.45) is 6.70. The molecule has 154 valence electrons. The molecule has 0 saturated carbocycles. The molecule has 2 aromatic rings. The SMILES string of the molecule is CCC1CCCCN1S(=O)(=O)c1ccc(NC(=O)C=Cc2ccccc2Cl)cc1. The lowest BCUT2D eigenvalue weighted by Gasteiger charge is -2.34. The smallest absolute Gasteiger partial charge is 0.248 e.